The van der Waals surface area contributed by atoms with E-state index in [2.05, 4.69) is 5.16 Å². The standard InChI is InChI=1S/C16H13FN2O3S2/c17-12-5-3-11(4-6-12)16-13-10-19(8-7-14(13)18-22-16)24(20,21)15-2-1-9-23-15/h1-6,9H,7-8,10H2. The lowest BCUT2D eigenvalue weighted by Crippen LogP contribution is -2.35. The lowest BCUT2D eigenvalue weighted by molar-refractivity contribution is 0.387. The maximum atomic E-state index is 13.1. The monoisotopic (exact) mass is 364 g/mol. The Kier molecular flexibility index (Phi) is 3.75. The summed E-state index contributed by atoms with van der Waals surface area (Å²) in [6.07, 6.45) is 0.491. The number of halogens is 1. The summed E-state index contributed by atoms with van der Waals surface area (Å²) in [6, 6.07) is 9.20. The maximum absolute atomic E-state index is 13.1. The molecule has 0 atom stereocenters. The van der Waals surface area contributed by atoms with Crippen LogP contribution in [0, 0.1) is 5.82 Å². The first-order valence-electron chi connectivity index (χ1n) is 7.33. The number of fused-ring (bicyclic) bond motifs is 1. The number of benzene rings is 1. The molecule has 0 bridgehead atoms. The van der Waals surface area contributed by atoms with Crippen molar-refractivity contribution in [3.63, 3.8) is 0 Å². The highest BCUT2D eigenvalue weighted by Crippen LogP contribution is 2.33. The van der Waals surface area contributed by atoms with Gasteiger partial charge in [-0.15, -0.1) is 11.3 Å². The normalized spacial score (nSPS) is 15.4. The van der Waals surface area contributed by atoms with Gasteiger partial charge in [-0.05, 0) is 35.7 Å². The minimum atomic E-state index is -3.52. The van der Waals surface area contributed by atoms with Gasteiger partial charge in [-0.25, -0.2) is 12.8 Å². The summed E-state index contributed by atoms with van der Waals surface area (Å²) < 4.78 is 45.7. The van der Waals surface area contributed by atoms with Crippen LogP contribution in [0.2, 0.25) is 0 Å². The Hall–Kier alpha value is -2.03. The second-order valence-corrected chi connectivity index (χ2v) is 8.58. The number of aromatic nitrogens is 1. The van der Waals surface area contributed by atoms with E-state index in [4.69, 9.17) is 4.52 Å². The predicted molar refractivity (Wildman–Crippen MR) is 87.5 cm³/mol. The number of hydrogen-bond acceptors (Lipinski definition) is 5. The molecule has 4 rings (SSSR count). The third kappa shape index (κ3) is 2.56. The summed E-state index contributed by atoms with van der Waals surface area (Å²) in [6.45, 7) is 0.564. The van der Waals surface area contributed by atoms with E-state index in [-0.39, 0.29) is 12.4 Å². The van der Waals surface area contributed by atoms with Crippen molar-refractivity contribution in [1.82, 2.24) is 9.46 Å². The van der Waals surface area contributed by atoms with Crippen LogP contribution in [0.4, 0.5) is 4.39 Å². The van der Waals surface area contributed by atoms with E-state index >= 15 is 0 Å². The Morgan fingerprint density at radius 2 is 2.00 bits per heavy atom. The van der Waals surface area contributed by atoms with Crippen molar-refractivity contribution < 1.29 is 17.3 Å². The highest BCUT2D eigenvalue weighted by atomic mass is 32.2. The molecule has 0 spiro atoms. The number of sulfonamides is 1. The first-order chi connectivity index (χ1) is 11.6. The first kappa shape index (κ1) is 15.5. The van der Waals surface area contributed by atoms with Gasteiger partial charge in [-0.2, -0.15) is 4.31 Å². The molecule has 0 saturated carbocycles. The van der Waals surface area contributed by atoms with Crippen molar-refractivity contribution in [3.8, 4) is 11.3 Å². The molecule has 0 amide bonds. The molecule has 124 valence electrons. The lowest BCUT2D eigenvalue weighted by atomic mass is 10.0. The van der Waals surface area contributed by atoms with Crippen LogP contribution in [0.25, 0.3) is 11.3 Å². The topological polar surface area (TPSA) is 63.4 Å². The predicted octanol–water partition coefficient (Wildman–Crippen LogP) is 3.29. The van der Waals surface area contributed by atoms with Gasteiger partial charge in [0.15, 0.2) is 5.76 Å². The minimum Gasteiger partial charge on any atom is -0.356 e. The van der Waals surface area contributed by atoms with Crippen molar-refractivity contribution >= 4 is 21.4 Å². The molecule has 0 saturated heterocycles. The molecule has 0 aliphatic carbocycles. The molecule has 0 unspecified atom stereocenters. The molecule has 0 fully saturated rings. The number of hydrogen-bond donors (Lipinski definition) is 0. The van der Waals surface area contributed by atoms with Gasteiger partial charge in [-0.1, -0.05) is 11.2 Å². The molecule has 0 N–H and O–H groups in total. The van der Waals surface area contributed by atoms with E-state index in [9.17, 15) is 12.8 Å². The Labute approximate surface area is 142 Å². The molecule has 24 heavy (non-hydrogen) atoms. The average Bonchev–Trinajstić information content (AvgIpc) is 3.25. The average molecular weight is 364 g/mol. The molecule has 1 aliphatic heterocycles. The van der Waals surface area contributed by atoms with Crippen molar-refractivity contribution in [2.75, 3.05) is 6.54 Å². The van der Waals surface area contributed by atoms with Gasteiger partial charge in [-0.3, -0.25) is 0 Å². The molecular formula is C16H13FN2O3S2. The summed E-state index contributed by atoms with van der Waals surface area (Å²) >= 11 is 1.20. The maximum Gasteiger partial charge on any atom is 0.252 e. The third-order valence-corrected chi connectivity index (χ3v) is 7.22. The highest BCUT2D eigenvalue weighted by Gasteiger charge is 2.32. The van der Waals surface area contributed by atoms with Gasteiger partial charge >= 0.3 is 0 Å². The SMILES string of the molecule is O=S(=O)(c1cccs1)N1CCc2noc(-c3ccc(F)cc3)c2C1. The quantitative estimate of drug-likeness (QED) is 0.715. The van der Waals surface area contributed by atoms with Crippen LogP contribution in [0.5, 0.6) is 0 Å². The van der Waals surface area contributed by atoms with Crippen LogP contribution in [-0.4, -0.2) is 24.4 Å². The Bertz CT molecular complexity index is 963. The van der Waals surface area contributed by atoms with Gasteiger partial charge in [0.1, 0.15) is 10.0 Å². The van der Waals surface area contributed by atoms with E-state index in [0.29, 0.717) is 28.5 Å². The molecule has 5 nitrogen and oxygen atoms in total. The number of rotatable bonds is 3. The van der Waals surface area contributed by atoms with E-state index in [1.165, 1.54) is 27.8 Å². The van der Waals surface area contributed by atoms with E-state index < -0.39 is 10.0 Å². The zero-order chi connectivity index (χ0) is 16.7. The van der Waals surface area contributed by atoms with E-state index in [0.717, 1.165) is 11.3 Å². The van der Waals surface area contributed by atoms with Gasteiger partial charge < -0.3 is 4.52 Å². The minimum absolute atomic E-state index is 0.200. The molecule has 3 heterocycles. The second-order valence-electron chi connectivity index (χ2n) is 5.46. The van der Waals surface area contributed by atoms with Gasteiger partial charge in [0.05, 0.1) is 5.69 Å². The molecule has 1 aromatic carbocycles. The summed E-state index contributed by atoms with van der Waals surface area (Å²) in [5, 5.41) is 5.79. The zero-order valence-corrected chi connectivity index (χ0v) is 14.1. The zero-order valence-electron chi connectivity index (χ0n) is 12.5. The van der Waals surface area contributed by atoms with Crippen LogP contribution in [0.3, 0.4) is 0 Å². The Balaban J connectivity index is 1.70. The van der Waals surface area contributed by atoms with Crippen LogP contribution in [0.15, 0.2) is 50.5 Å². The molecule has 0 radical (unpaired) electrons. The van der Waals surface area contributed by atoms with E-state index in [1.807, 2.05) is 0 Å². The van der Waals surface area contributed by atoms with Crippen molar-refractivity contribution in [2.24, 2.45) is 0 Å². The molecule has 3 aromatic rings. The highest BCUT2D eigenvalue weighted by molar-refractivity contribution is 7.91. The van der Waals surface area contributed by atoms with Crippen LogP contribution in [-0.2, 0) is 23.0 Å². The Morgan fingerprint density at radius 1 is 1.21 bits per heavy atom. The molecular weight excluding hydrogens is 351 g/mol. The summed E-state index contributed by atoms with van der Waals surface area (Å²) in [7, 11) is -3.52. The fourth-order valence-corrected chi connectivity index (χ4v) is 5.31. The summed E-state index contributed by atoms with van der Waals surface area (Å²) in [5.41, 5.74) is 2.18. The van der Waals surface area contributed by atoms with Gasteiger partial charge in [0, 0.05) is 30.6 Å². The lowest BCUT2D eigenvalue weighted by Gasteiger charge is -2.25. The van der Waals surface area contributed by atoms with Gasteiger partial charge in [0.2, 0.25) is 0 Å². The molecule has 8 heteroatoms. The van der Waals surface area contributed by atoms with Crippen molar-refractivity contribution in [1.29, 1.82) is 0 Å². The largest absolute Gasteiger partial charge is 0.356 e. The smallest absolute Gasteiger partial charge is 0.252 e. The second kappa shape index (κ2) is 5.80. The molecule has 2 aromatic heterocycles. The van der Waals surface area contributed by atoms with Gasteiger partial charge in [0.25, 0.3) is 10.0 Å². The number of nitrogens with zero attached hydrogens (tertiary/aromatic N) is 2. The van der Waals surface area contributed by atoms with Crippen molar-refractivity contribution in [3.05, 3.63) is 58.9 Å². The van der Waals surface area contributed by atoms with Crippen LogP contribution < -0.4 is 0 Å². The number of thiophene rings is 1. The van der Waals surface area contributed by atoms with Crippen LogP contribution in [0.1, 0.15) is 11.3 Å². The fraction of sp³-hybridized carbons (Fsp3) is 0.188. The summed E-state index contributed by atoms with van der Waals surface area (Å²) in [4.78, 5) is 0. The first-order valence-corrected chi connectivity index (χ1v) is 9.65. The fourth-order valence-electron chi connectivity index (χ4n) is 2.76. The molecule has 1 aliphatic rings. The Morgan fingerprint density at radius 3 is 2.71 bits per heavy atom. The van der Waals surface area contributed by atoms with Crippen molar-refractivity contribution in [2.45, 2.75) is 17.2 Å². The van der Waals surface area contributed by atoms with Crippen LogP contribution >= 0.6 is 11.3 Å². The van der Waals surface area contributed by atoms with E-state index in [1.54, 1.807) is 29.6 Å². The summed E-state index contributed by atoms with van der Waals surface area (Å²) in [5.74, 6) is 0.158. The third-order valence-electron chi connectivity index (χ3n) is 4.00.